The number of hydrogen-bond acceptors (Lipinski definition) is 2. The quantitative estimate of drug-likeness (QED) is 0.633. The minimum atomic E-state index is -0.703. The number of carbonyl (C=O) groups is 1. The molecule has 0 saturated heterocycles. The Morgan fingerprint density at radius 2 is 1.86 bits per heavy atom. The number of aliphatic carboxylic acids is 1. The van der Waals surface area contributed by atoms with Crippen molar-refractivity contribution in [1.29, 1.82) is 0 Å². The zero-order valence-electron chi connectivity index (χ0n) is 9.55. The standard InChI is InChI=1S/C11H23NO2/c1-4-7-12-10(8-11(13)14)9(5-2)6-3/h9-10,12H,4-8H2,1-3H3,(H,13,14). The molecule has 14 heavy (non-hydrogen) atoms. The molecule has 0 spiro atoms. The number of hydrogen-bond donors (Lipinski definition) is 2. The van der Waals surface area contributed by atoms with Gasteiger partial charge in [0.15, 0.2) is 0 Å². The van der Waals surface area contributed by atoms with Crippen LogP contribution in [0.4, 0.5) is 0 Å². The number of nitrogens with one attached hydrogen (secondary N) is 1. The van der Waals surface area contributed by atoms with E-state index < -0.39 is 5.97 Å². The molecule has 2 N–H and O–H groups in total. The van der Waals surface area contributed by atoms with Crippen LogP contribution < -0.4 is 5.32 Å². The van der Waals surface area contributed by atoms with Crippen LogP contribution in [0.1, 0.15) is 46.5 Å². The first-order chi connectivity index (χ1) is 6.65. The third-order valence-corrected chi connectivity index (χ3v) is 2.67. The summed E-state index contributed by atoms with van der Waals surface area (Å²) >= 11 is 0. The third-order valence-electron chi connectivity index (χ3n) is 2.67. The molecule has 0 aromatic carbocycles. The van der Waals surface area contributed by atoms with Gasteiger partial charge in [-0.2, -0.15) is 0 Å². The summed E-state index contributed by atoms with van der Waals surface area (Å²) in [5.41, 5.74) is 0. The Morgan fingerprint density at radius 3 is 2.21 bits per heavy atom. The molecule has 0 aromatic rings. The van der Waals surface area contributed by atoms with Gasteiger partial charge in [0.2, 0.25) is 0 Å². The van der Waals surface area contributed by atoms with Crippen LogP contribution in [0.3, 0.4) is 0 Å². The second-order valence-corrected chi connectivity index (χ2v) is 3.74. The summed E-state index contributed by atoms with van der Waals surface area (Å²) in [6.07, 6.45) is 3.39. The molecule has 0 fully saturated rings. The lowest BCUT2D eigenvalue weighted by molar-refractivity contribution is -0.137. The maximum absolute atomic E-state index is 10.7. The van der Waals surface area contributed by atoms with Gasteiger partial charge in [-0.05, 0) is 18.9 Å². The molecule has 0 aromatic heterocycles. The number of carboxylic acids is 1. The predicted octanol–water partition coefficient (Wildman–Crippen LogP) is 2.27. The largest absolute Gasteiger partial charge is 0.481 e. The Kier molecular flexibility index (Phi) is 7.48. The van der Waals surface area contributed by atoms with Crippen molar-refractivity contribution in [3.63, 3.8) is 0 Å². The summed E-state index contributed by atoms with van der Waals surface area (Å²) in [6.45, 7) is 7.25. The van der Waals surface area contributed by atoms with Crippen LogP contribution in [-0.4, -0.2) is 23.7 Å². The van der Waals surface area contributed by atoms with E-state index in [0.717, 1.165) is 25.8 Å². The van der Waals surface area contributed by atoms with Crippen LogP contribution in [-0.2, 0) is 4.79 Å². The van der Waals surface area contributed by atoms with Crippen molar-refractivity contribution in [2.75, 3.05) is 6.54 Å². The fourth-order valence-corrected chi connectivity index (χ4v) is 1.78. The van der Waals surface area contributed by atoms with Crippen LogP contribution in [0.25, 0.3) is 0 Å². The SMILES string of the molecule is CCCNC(CC(=O)O)C(CC)CC. The van der Waals surface area contributed by atoms with E-state index in [-0.39, 0.29) is 12.5 Å². The van der Waals surface area contributed by atoms with E-state index in [1.54, 1.807) is 0 Å². The average molecular weight is 201 g/mol. The van der Waals surface area contributed by atoms with Gasteiger partial charge >= 0.3 is 5.97 Å². The van der Waals surface area contributed by atoms with Gasteiger partial charge < -0.3 is 10.4 Å². The van der Waals surface area contributed by atoms with Crippen LogP contribution in [0.2, 0.25) is 0 Å². The van der Waals surface area contributed by atoms with E-state index in [0.29, 0.717) is 5.92 Å². The second kappa shape index (κ2) is 7.80. The van der Waals surface area contributed by atoms with Gasteiger partial charge in [0.1, 0.15) is 0 Å². The van der Waals surface area contributed by atoms with Gasteiger partial charge in [-0.25, -0.2) is 0 Å². The highest BCUT2D eigenvalue weighted by Crippen LogP contribution is 2.15. The van der Waals surface area contributed by atoms with E-state index in [1.807, 2.05) is 0 Å². The smallest absolute Gasteiger partial charge is 0.304 e. The molecule has 0 radical (unpaired) electrons. The lowest BCUT2D eigenvalue weighted by atomic mass is 9.92. The molecular weight excluding hydrogens is 178 g/mol. The molecular formula is C11H23NO2. The molecule has 0 amide bonds. The summed E-state index contributed by atoms with van der Waals surface area (Å²) in [7, 11) is 0. The van der Waals surface area contributed by atoms with Gasteiger partial charge in [0.25, 0.3) is 0 Å². The number of rotatable bonds is 8. The molecule has 0 aliphatic carbocycles. The molecule has 0 bridgehead atoms. The minimum absolute atomic E-state index is 0.141. The highest BCUT2D eigenvalue weighted by atomic mass is 16.4. The minimum Gasteiger partial charge on any atom is -0.481 e. The van der Waals surface area contributed by atoms with E-state index in [2.05, 4.69) is 26.1 Å². The maximum Gasteiger partial charge on any atom is 0.304 e. The van der Waals surface area contributed by atoms with Crippen molar-refractivity contribution in [2.45, 2.75) is 52.5 Å². The Bertz CT molecular complexity index is 155. The fourth-order valence-electron chi connectivity index (χ4n) is 1.78. The molecule has 0 aliphatic rings. The van der Waals surface area contributed by atoms with Crippen LogP contribution in [0, 0.1) is 5.92 Å². The zero-order valence-corrected chi connectivity index (χ0v) is 9.55. The Morgan fingerprint density at radius 1 is 1.29 bits per heavy atom. The average Bonchev–Trinajstić information content (AvgIpc) is 2.15. The van der Waals surface area contributed by atoms with Crippen molar-refractivity contribution in [2.24, 2.45) is 5.92 Å². The first-order valence-corrected chi connectivity index (χ1v) is 5.60. The van der Waals surface area contributed by atoms with Crippen molar-refractivity contribution >= 4 is 5.97 Å². The van der Waals surface area contributed by atoms with Crippen molar-refractivity contribution in [1.82, 2.24) is 5.32 Å². The molecule has 0 rings (SSSR count). The Hall–Kier alpha value is -0.570. The summed E-state index contributed by atoms with van der Waals surface area (Å²) in [5, 5.41) is 12.1. The third kappa shape index (κ3) is 5.22. The number of carboxylic acid groups (broad SMARTS) is 1. The van der Waals surface area contributed by atoms with E-state index in [1.165, 1.54) is 0 Å². The van der Waals surface area contributed by atoms with E-state index >= 15 is 0 Å². The molecule has 1 unspecified atom stereocenters. The molecule has 3 heteroatoms. The van der Waals surface area contributed by atoms with Crippen LogP contribution in [0.15, 0.2) is 0 Å². The molecule has 0 aliphatic heterocycles. The fraction of sp³-hybridized carbons (Fsp3) is 0.909. The van der Waals surface area contributed by atoms with E-state index in [9.17, 15) is 4.79 Å². The molecule has 84 valence electrons. The lowest BCUT2D eigenvalue weighted by Crippen LogP contribution is -2.38. The summed E-state index contributed by atoms with van der Waals surface area (Å²) in [6, 6.07) is 0.141. The topological polar surface area (TPSA) is 49.3 Å². The monoisotopic (exact) mass is 201 g/mol. The van der Waals surface area contributed by atoms with Crippen molar-refractivity contribution in [3.05, 3.63) is 0 Å². The van der Waals surface area contributed by atoms with Crippen molar-refractivity contribution < 1.29 is 9.90 Å². The molecule has 1 atom stereocenters. The van der Waals surface area contributed by atoms with E-state index in [4.69, 9.17) is 5.11 Å². The van der Waals surface area contributed by atoms with Gasteiger partial charge in [-0.15, -0.1) is 0 Å². The van der Waals surface area contributed by atoms with Gasteiger partial charge in [-0.3, -0.25) is 4.79 Å². The summed E-state index contributed by atoms with van der Waals surface area (Å²) in [4.78, 5) is 10.7. The first kappa shape index (κ1) is 13.4. The van der Waals surface area contributed by atoms with Gasteiger partial charge in [-0.1, -0.05) is 33.6 Å². The Balaban J connectivity index is 4.12. The molecule has 3 nitrogen and oxygen atoms in total. The lowest BCUT2D eigenvalue weighted by Gasteiger charge is -2.24. The normalized spacial score (nSPS) is 13.1. The summed E-state index contributed by atoms with van der Waals surface area (Å²) in [5.74, 6) is -0.219. The maximum atomic E-state index is 10.7. The van der Waals surface area contributed by atoms with Gasteiger partial charge in [0.05, 0.1) is 6.42 Å². The zero-order chi connectivity index (χ0) is 11.0. The molecule has 0 saturated carbocycles. The van der Waals surface area contributed by atoms with Crippen molar-refractivity contribution in [3.8, 4) is 0 Å². The van der Waals surface area contributed by atoms with Gasteiger partial charge in [0, 0.05) is 6.04 Å². The first-order valence-electron chi connectivity index (χ1n) is 5.60. The highest BCUT2D eigenvalue weighted by Gasteiger charge is 2.20. The predicted molar refractivity (Wildman–Crippen MR) is 58.4 cm³/mol. The van der Waals surface area contributed by atoms with Crippen LogP contribution in [0.5, 0.6) is 0 Å². The highest BCUT2D eigenvalue weighted by molar-refractivity contribution is 5.67. The Labute approximate surface area is 86.9 Å². The second-order valence-electron chi connectivity index (χ2n) is 3.74. The molecule has 0 heterocycles. The summed E-state index contributed by atoms with van der Waals surface area (Å²) < 4.78 is 0. The van der Waals surface area contributed by atoms with Crippen LogP contribution >= 0.6 is 0 Å².